The second kappa shape index (κ2) is 8.79. The van der Waals surface area contributed by atoms with Crippen LogP contribution in [0.2, 0.25) is 0 Å². The number of rotatable bonds is 7. The Kier molecular flexibility index (Phi) is 6.36. The molecule has 7 nitrogen and oxygen atoms in total. The normalized spacial score (nSPS) is 11.7. The second-order valence-electron chi connectivity index (χ2n) is 7.84. The molecule has 1 aromatic heterocycles. The van der Waals surface area contributed by atoms with Crippen molar-refractivity contribution in [3.05, 3.63) is 75.7 Å². The average molecular weight is 428 g/mol. The summed E-state index contributed by atoms with van der Waals surface area (Å²) in [6.07, 6.45) is 1.19. The first-order valence-electron chi connectivity index (χ1n) is 9.67. The molecule has 0 spiro atoms. The Hall–Kier alpha value is -3.00. The summed E-state index contributed by atoms with van der Waals surface area (Å²) in [5, 5.41) is 8.15. The Morgan fingerprint density at radius 2 is 1.63 bits per heavy atom. The largest absolute Gasteiger partial charge is 0.347 e. The van der Waals surface area contributed by atoms with Crippen LogP contribution in [0.25, 0.3) is 10.8 Å². The van der Waals surface area contributed by atoms with Gasteiger partial charge in [-0.3, -0.25) is 9.59 Å². The molecule has 1 heterocycles. The molecule has 0 fully saturated rings. The molecule has 3 aromatic rings. The van der Waals surface area contributed by atoms with Gasteiger partial charge in [-0.2, -0.15) is 5.10 Å². The molecule has 0 unspecified atom stereocenters. The molecular weight excluding hydrogens is 402 g/mol. The van der Waals surface area contributed by atoms with Gasteiger partial charge in [0.1, 0.15) is 0 Å². The topological polar surface area (TPSA) is 98.1 Å². The van der Waals surface area contributed by atoms with Crippen LogP contribution in [0.4, 0.5) is 0 Å². The van der Waals surface area contributed by atoms with Gasteiger partial charge in [-0.25, -0.2) is 13.1 Å². The summed E-state index contributed by atoms with van der Waals surface area (Å²) in [4.78, 5) is 25.5. The first kappa shape index (κ1) is 21.7. The van der Waals surface area contributed by atoms with Gasteiger partial charge in [0.2, 0.25) is 0 Å². The predicted molar refractivity (Wildman–Crippen MR) is 117 cm³/mol. The molecule has 0 aliphatic heterocycles. The van der Waals surface area contributed by atoms with E-state index in [9.17, 15) is 18.0 Å². The molecule has 0 atom stereocenters. The van der Waals surface area contributed by atoms with E-state index in [0.29, 0.717) is 22.9 Å². The molecule has 0 radical (unpaired) electrons. The Bertz CT molecular complexity index is 1230. The SMILES string of the molecule is CC(C)Cn1nc(C(=O)NCc2ccc(CS(C)(=O)=O)cc2)c2ccccc2c1=O. The lowest BCUT2D eigenvalue weighted by atomic mass is 10.1. The Balaban J connectivity index is 1.83. The molecule has 30 heavy (non-hydrogen) atoms. The lowest BCUT2D eigenvalue weighted by Gasteiger charge is -2.13. The zero-order valence-corrected chi connectivity index (χ0v) is 18.1. The Labute approximate surface area is 175 Å². The zero-order valence-electron chi connectivity index (χ0n) is 17.3. The zero-order chi connectivity index (χ0) is 21.9. The molecule has 2 aromatic carbocycles. The van der Waals surface area contributed by atoms with E-state index in [-0.39, 0.29) is 35.4 Å². The van der Waals surface area contributed by atoms with E-state index in [2.05, 4.69) is 10.4 Å². The van der Waals surface area contributed by atoms with Crippen LogP contribution in [0, 0.1) is 5.92 Å². The number of hydrogen-bond acceptors (Lipinski definition) is 5. The van der Waals surface area contributed by atoms with Crippen molar-refractivity contribution in [2.24, 2.45) is 5.92 Å². The number of sulfone groups is 1. The highest BCUT2D eigenvalue weighted by atomic mass is 32.2. The monoisotopic (exact) mass is 427 g/mol. The van der Waals surface area contributed by atoms with E-state index in [1.807, 2.05) is 13.8 Å². The maximum absolute atomic E-state index is 12.9. The van der Waals surface area contributed by atoms with Gasteiger partial charge in [0, 0.05) is 24.7 Å². The highest BCUT2D eigenvalue weighted by molar-refractivity contribution is 7.89. The third-order valence-corrected chi connectivity index (χ3v) is 5.38. The molecule has 3 rings (SSSR count). The fourth-order valence-electron chi connectivity index (χ4n) is 3.19. The highest BCUT2D eigenvalue weighted by Crippen LogP contribution is 2.14. The molecule has 158 valence electrons. The third kappa shape index (κ3) is 5.33. The molecule has 1 N–H and O–H groups in total. The number of fused-ring (bicyclic) bond motifs is 1. The van der Waals surface area contributed by atoms with E-state index in [1.165, 1.54) is 10.9 Å². The van der Waals surface area contributed by atoms with Crippen molar-refractivity contribution >= 4 is 26.5 Å². The van der Waals surface area contributed by atoms with Crippen LogP contribution >= 0.6 is 0 Å². The van der Waals surface area contributed by atoms with E-state index < -0.39 is 9.84 Å². The molecule has 0 aliphatic rings. The number of benzene rings is 2. The van der Waals surface area contributed by atoms with Crippen LogP contribution in [-0.2, 0) is 28.7 Å². The number of nitrogens with one attached hydrogen (secondary N) is 1. The molecular formula is C22H25N3O4S. The van der Waals surface area contributed by atoms with Crippen molar-refractivity contribution in [2.75, 3.05) is 6.26 Å². The number of nitrogens with zero attached hydrogens (tertiary/aromatic N) is 2. The minimum atomic E-state index is -3.09. The number of carbonyl (C=O) groups excluding carboxylic acids is 1. The first-order chi connectivity index (χ1) is 14.1. The van der Waals surface area contributed by atoms with E-state index >= 15 is 0 Å². The number of carbonyl (C=O) groups is 1. The van der Waals surface area contributed by atoms with Crippen LogP contribution in [0.1, 0.15) is 35.5 Å². The lowest BCUT2D eigenvalue weighted by Crippen LogP contribution is -2.31. The quantitative estimate of drug-likeness (QED) is 0.625. The molecule has 0 bridgehead atoms. The van der Waals surface area contributed by atoms with Crippen LogP contribution in [0.15, 0.2) is 53.3 Å². The predicted octanol–water partition coefficient (Wildman–Crippen LogP) is 2.53. The molecule has 0 saturated carbocycles. The maximum Gasteiger partial charge on any atom is 0.274 e. The highest BCUT2D eigenvalue weighted by Gasteiger charge is 2.17. The lowest BCUT2D eigenvalue weighted by molar-refractivity contribution is 0.0945. The van der Waals surface area contributed by atoms with Crippen molar-refractivity contribution in [1.82, 2.24) is 15.1 Å². The van der Waals surface area contributed by atoms with Gasteiger partial charge < -0.3 is 5.32 Å². The number of amides is 1. The van der Waals surface area contributed by atoms with Gasteiger partial charge >= 0.3 is 0 Å². The first-order valence-corrected chi connectivity index (χ1v) is 11.7. The average Bonchev–Trinajstić information content (AvgIpc) is 2.68. The molecule has 1 amide bonds. The van der Waals surface area contributed by atoms with Gasteiger partial charge in [-0.15, -0.1) is 0 Å². The summed E-state index contributed by atoms with van der Waals surface area (Å²) >= 11 is 0. The van der Waals surface area contributed by atoms with E-state index in [4.69, 9.17) is 0 Å². The smallest absolute Gasteiger partial charge is 0.274 e. The van der Waals surface area contributed by atoms with Crippen molar-refractivity contribution in [1.29, 1.82) is 0 Å². The van der Waals surface area contributed by atoms with E-state index in [1.54, 1.807) is 48.5 Å². The molecule has 0 aliphatic carbocycles. The summed E-state index contributed by atoms with van der Waals surface area (Å²) in [7, 11) is -3.09. The maximum atomic E-state index is 12.9. The summed E-state index contributed by atoms with van der Waals surface area (Å²) < 4.78 is 24.1. The van der Waals surface area contributed by atoms with Gasteiger partial charge in [-0.1, -0.05) is 56.3 Å². The second-order valence-corrected chi connectivity index (χ2v) is 9.98. The number of hydrogen-bond donors (Lipinski definition) is 1. The van der Waals surface area contributed by atoms with Gasteiger partial charge in [0.15, 0.2) is 15.5 Å². The Morgan fingerprint density at radius 1 is 1.03 bits per heavy atom. The standard InChI is InChI=1S/C22H25N3O4S/c1-15(2)13-25-22(27)19-7-5-4-6-18(19)20(24-25)21(26)23-12-16-8-10-17(11-9-16)14-30(3,28)29/h4-11,15H,12-14H2,1-3H3,(H,23,26). The van der Waals surface area contributed by atoms with Gasteiger partial charge in [0.25, 0.3) is 11.5 Å². The fraction of sp³-hybridized carbons (Fsp3) is 0.318. The van der Waals surface area contributed by atoms with Crippen molar-refractivity contribution in [3.8, 4) is 0 Å². The van der Waals surface area contributed by atoms with Gasteiger partial charge in [-0.05, 0) is 23.1 Å². The van der Waals surface area contributed by atoms with E-state index in [0.717, 1.165) is 5.56 Å². The Morgan fingerprint density at radius 3 is 2.23 bits per heavy atom. The molecule has 0 saturated heterocycles. The van der Waals surface area contributed by atoms with Crippen LogP contribution in [0.5, 0.6) is 0 Å². The number of aromatic nitrogens is 2. The van der Waals surface area contributed by atoms with Gasteiger partial charge in [0.05, 0.1) is 11.1 Å². The van der Waals surface area contributed by atoms with Crippen LogP contribution in [0.3, 0.4) is 0 Å². The summed E-state index contributed by atoms with van der Waals surface area (Å²) in [5.41, 5.74) is 1.53. The van der Waals surface area contributed by atoms with Crippen molar-refractivity contribution in [3.63, 3.8) is 0 Å². The van der Waals surface area contributed by atoms with Crippen LogP contribution < -0.4 is 10.9 Å². The molecule has 8 heteroatoms. The fourth-order valence-corrected chi connectivity index (χ4v) is 3.99. The minimum absolute atomic E-state index is 0.0209. The summed E-state index contributed by atoms with van der Waals surface area (Å²) in [6.45, 7) is 4.65. The third-order valence-electron chi connectivity index (χ3n) is 4.53. The van der Waals surface area contributed by atoms with Crippen LogP contribution in [-0.4, -0.2) is 30.4 Å². The summed E-state index contributed by atoms with van der Waals surface area (Å²) in [6, 6.07) is 14.0. The van der Waals surface area contributed by atoms with Crippen molar-refractivity contribution in [2.45, 2.75) is 32.7 Å². The summed E-state index contributed by atoms with van der Waals surface area (Å²) in [5.74, 6) is -0.186. The van der Waals surface area contributed by atoms with Crippen molar-refractivity contribution < 1.29 is 13.2 Å². The minimum Gasteiger partial charge on any atom is -0.347 e.